The van der Waals surface area contributed by atoms with E-state index in [1.165, 1.54) is 5.56 Å². The van der Waals surface area contributed by atoms with Gasteiger partial charge in [-0.3, -0.25) is 4.79 Å². The molecule has 2 aromatic heterocycles. The molecule has 142 valence electrons. The molecule has 2 heterocycles. The minimum absolute atomic E-state index is 0.0793. The normalized spacial score (nSPS) is 11.1. The van der Waals surface area contributed by atoms with Gasteiger partial charge in [0.1, 0.15) is 0 Å². The number of fused-ring (bicyclic) bond motifs is 1. The van der Waals surface area contributed by atoms with E-state index in [4.69, 9.17) is 4.42 Å². The molecule has 0 saturated carbocycles. The number of rotatable bonds is 5. The van der Waals surface area contributed by atoms with Crippen LogP contribution in [0.4, 0.5) is 0 Å². The van der Waals surface area contributed by atoms with Crippen LogP contribution in [0.15, 0.2) is 46.9 Å². The van der Waals surface area contributed by atoms with Crippen molar-refractivity contribution in [2.75, 3.05) is 0 Å². The Kier molecular flexibility index (Phi) is 4.69. The van der Waals surface area contributed by atoms with Gasteiger partial charge in [-0.05, 0) is 49.6 Å². The van der Waals surface area contributed by atoms with Crippen LogP contribution in [0.25, 0.3) is 22.4 Å². The molecule has 6 heteroatoms. The summed E-state index contributed by atoms with van der Waals surface area (Å²) in [6.07, 6.45) is 0.301. The summed E-state index contributed by atoms with van der Waals surface area (Å²) in [6.45, 7) is 6.35. The summed E-state index contributed by atoms with van der Waals surface area (Å²) < 4.78 is 5.64. The maximum absolute atomic E-state index is 12.5. The molecule has 28 heavy (non-hydrogen) atoms. The van der Waals surface area contributed by atoms with Crippen LogP contribution in [0.1, 0.15) is 28.3 Å². The highest BCUT2D eigenvalue weighted by atomic mass is 16.4. The number of aromatic amines is 1. The number of aromatic nitrogens is 3. The van der Waals surface area contributed by atoms with Crippen molar-refractivity contribution in [3.63, 3.8) is 0 Å². The smallest absolute Gasteiger partial charge is 0.247 e. The molecule has 0 fully saturated rings. The molecule has 4 aromatic rings. The number of aryl methyl sites for hydroxylation is 3. The van der Waals surface area contributed by atoms with Crippen LogP contribution in [0.5, 0.6) is 0 Å². The van der Waals surface area contributed by atoms with E-state index in [0.29, 0.717) is 18.2 Å². The summed E-state index contributed by atoms with van der Waals surface area (Å²) in [5.41, 5.74) is 6.35. The maximum Gasteiger partial charge on any atom is 0.247 e. The molecule has 4 rings (SSSR count). The Morgan fingerprint density at radius 3 is 2.57 bits per heavy atom. The molecule has 0 spiro atoms. The fourth-order valence-electron chi connectivity index (χ4n) is 3.45. The lowest BCUT2D eigenvalue weighted by atomic mass is 10.0. The van der Waals surface area contributed by atoms with Crippen LogP contribution >= 0.6 is 0 Å². The van der Waals surface area contributed by atoms with Gasteiger partial charge in [0, 0.05) is 22.2 Å². The van der Waals surface area contributed by atoms with Crippen LogP contribution in [0, 0.1) is 20.8 Å². The maximum atomic E-state index is 12.5. The van der Waals surface area contributed by atoms with E-state index in [2.05, 4.69) is 46.5 Å². The summed E-state index contributed by atoms with van der Waals surface area (Å²) in [5, 5.41) is 12.1. The van der Waals surface area contributed by atoms with Crippen LogP contribution in [0.2, 0.25) is 0 Å². The van der Waals surface area contributed by atoms with Gasteiger partial charge in [-0.15, -0.1) is 10.2 Å². The topological polar surface area (TPSA) is 83.8 Å². The molecule has 6 nitrogen and oxygen atoms in total. The SMILES string of the molecule is Cc1[nH]c2c(C)ccc(C)c2c1CC(=O)NCc1nnc(-c2ccccc2)o1. The standard InChI is InChI=1S/C22H22N4O2/c1-13-9-10-14(2)21-20(13)17(15(3)24-21)11-18(27)23-12-19-25-26-22(28-19)16-7-5-4-6-8-16/h4-10,24H,11-12H2,1-3H3,(H,23,27). The number of hydrogen-bond acceptors (Lipinski definition) is 4. The molecule has 0 aliphatic heterocycles. The Morgan fingerprint density at radius 1 is 1.04 bits per heavy atom. The van der Waals surface area contributed by atoms with E-state index >= 15 is 0 Å². The summed E-state index contributed by atoms with van der Waals surface area (Å²) in [5.74, 6) is 0.752. The van der Waals surface area contributed by atoms with Gasteiger partial charge in [0.25, 0.3) is 0 Å². The highest BCUT2D eigenvalue weighted by molar-refractivity contribution is 5.93. The molecule has 2 aromatic carbocycles. The summed E-state index contributed by atoms with van der Waals surface area (Å²) in [7, 11) is 0. The Morgan fingerprint density at radius 2 is 1.79 bits per heavy atom. The summed E-state index contributed by atoms with van der Waals surface area (Å²) in [4.78, 5) is 16.0. The molecule has 0 aliphatic rings. The average molecular weight is 374 g/mol. The Balaban J connectivity index is 1.46. The van der Waals surface area contributed by atoms with Crippen molar-refractivity contribution < 1.29 is 9.21 Å². The van der Waals surface area contributed by atoms with Crippen molar-refractivity contribution in [1.82, 2.24) is 20.5 Å². The minimum Gasteiger partial charge on any atom is -0.419 e. The number of H-pyrrole nitrogens is 1. The largest absolute Gasteiger partial charge is 0.419 e. The van der Waals surface area contributed by atoms with Crippen LogP contribution < -0.4 is 5.32 Å². The monoisotopic (exact) mass is 374 g/mol. The van der Waals surface area contributed by atoms with Crippen molar-refractivity contribution in [3.8, 4) is 11.5 Å². The van der Waals surface area contributed by atoms with Crippen LogP contribution in [-0.4, -0.2) is 21.1 Å². The van der Waals surface area contributed by atoms with E-state index in [1.807, 2.05) is 37.3 Å². The molecule has 1 amide bonds. The van der Waals surface area contributed by atoms with E-state index in [1.54, 1.807) is 0 Å². The number of carbonyl (C=O) groups is 1. The third-order valence-corrected chi connectivity index (χ3v) is 4.95. The number of benzene rings is 2. The fraction of sp³-hybridized carbons (Fsp3) is 0.227. The van der Waals surface area contributed by atoms with Crippen molar-refractivity contribution >= 4 is 16.8 Å². The third kappa shape index (κ3) is 3.41. The molecule has 0 aliphatic carbocycles. The Labute approximate surface area is 163 Å². The predicted molar refractivity (Wildman–Crippen MR) is 108 cm³/mol. The highest BCUT2D eigenvalue weighted by Crippen LogP contribution is 2.28. The summed E-state index contributed by atoms with van der Waals surface area (Å²) >= 11 is 0. The van der Waals surface area contributed by atoms with Crippen molar-refractivity contribution in [2.45, 2.75) is 33.7 Å². The highest BCUT2D eigenvalue weighted by Gasteiger charge is 2.16. The molecule has 0 unspecified atom stereocenters. The third-order valence-electron chi connectivity index (χ3n) is 4.95. The van der Waals surface area contributed by atoms with Crippen LogP contribution in [-0.2, 0) is 17.8 Å². The average Bonchev–Trinajstić information content (AvgIpc) is 3.30. The Hall–Kier alpha value is -3.41. The van der Waals surface area contributed by atoms with Crippen molar-refractivity contribution in [3.05, 3.63) is 70.7 Å². The van der Waals surface area contributed by atoms with E-state index in [-0.39, 0.29) is 12.5 Å². The molecular formula is C22H22N4O2. The lowest BCUT2D eigenvalue weighted by Gasteiger charge is -2.06. The molecule has 0 radical (unpaired) electrons. The summed E-state index contributed by atoms with van der Waals surface area (Å²) in [6, 6.07) is 13.7. The second-order valence-electron chi connectivity index (χ2n) is 7.00. The van der Waals surface area contributed by atoms with Gasteiger partial charge in [0.15, 0.2) is 0 Å². The molecule has 0 atom stereocenters. The van der Waals surface area contributed by atoms with Crippen LogP contribution in [0.3, 0.4) is 0 Å². The second-order valence-corrected chi connectivity index (χ2v) is 7.00. The number of nitrogens with one attached hydrogen (secondary N) is 2. The van der Waals surface area contributed by atoms with Gasteiger partial charge in [-0.2, -0.15) is 0 Å². The Bertz CT molecular complexity index is 1140. The fourth-order valence-corrected chi connectivity index (χ4v) is 3.45. The zero-order valence-corrected chi connectivity index (χ0v) is 16.2. The lowest BCUT2D eigenvalue weighted by Crippen LogP contribution is -2.25. The molecule has 2 N–H and O–H groups in total. The van der Waals surface area contributed by atoms with Gasteiger partial charge in [0.2, 0.25) is 17.7 Å². The zero-order chi connectivity index (χ0) is 19.7. The van der Waals surface area contributed by atoms with Gasteiger partial charge >= 0.3 is 0 Å². The number of hydrogen-bond donors (Lipinski definition) is 2. The molecular weight excluding hydrogens is 352 g/mol. The quantitative estimate of drug-likeness (QED) is 0.553. The first kappa shape index (κ1) is 18.0. The number of nitrogens with zero attached hydrogens (tertiary/aromatic N) is 2. The first-order valence-electron chi connectivity index (χ1n) is 9.25. The first-order chi connectivity index (χ1) is 13.5. The second kappa shape index (κ2) is 7.31. The molecule has 0 saturated heterocycles. The van der Waals surface area contributed by atoms with E-state index in [9.17, 15) is 4.79 Å². The van der Waals surface area contributed by atoms with Gasteiger partial charge < -0.3 is 14.7 Å². The van der Waals surface area contributed by atoms with Gasteiger partial charge in [0.05, 0.1) is 13.0 Å². The van der Waals surface area contributed by atoms with Crippen molar-refractivity contribution in [2.24, 2.45) is 0 Å². The predicted octanol–water partition coefficient (Wildman–Crippen LogP) is 4.00. The number of amides is 1. The molecule has 0 bridgehead atoms. The van der Waals surface area contributed by atoms with E-state index in [0.717, 1.165) is 33.3 Å². The first-order valence-corrected chi connectivity index (χ1v) is 9.25. The van der Waals surface area contributed by atoms with E-state index < -0.39 is 0 Å². The van der Waals surface area contributed by atoms with Crippen molar-refractivity contribution in [1.29, 1.82) is 0 Å². The lowest BCUT2D eigenvalue weighted by molar-refractivity contribution is -0.120. The van der Waals surface area contributed by atoms with Gasteiger partial charge in [-0.1, -0.05) is 30.3 Å². The number of carbonyl (C=O) groups excluding carboxylic acids is 1. The van der Waals surface area contributed by atoms with Gasteiger partial charge in [-0.25, -0.2) is 0 Å². The zero-order valence-electron chi connectivity index (χ0n) is 16.2. The minimum atomic E-state index is -0.0793.